The van der Waals surface area contributed by atoms with Crippen molar-refractivity contribution in [2.75, 3.05) is 30.9 Å². The highest BCUT2D eigenvalue weighted by Gasteiger charge is 2.33. The van der Waals surface area contributed by atoms with Crippen LogP contribution in [0.5, 0.6) is 11.5 Å². The van der Waals surface area contributed by atoms with Gasteiger partial charge in [0.05, 0.1) is 5.92 Å². The maximum absolute atomic E-state index is 13.4. The van der Waals surface area contributed by atoms with E-state index < -0.39 is 0 Å². The van der Waals surface area contributed by atoms with Crippen LogP contribution in [0.15, 0.2) is 60.8 Å². The van der Waals surface area contributed by atoms with Crippen molar-refractivity contribution in [2.24, 2.45) is 5.92 Å². The molecule has 0 unspecified atom stereocenters. The number of ether oxygens (including phenoxy) is 1. The molecule has 2 heterocycles. The van der Waals surface area contributed by atoms with E-state index in [-0.39, 0.29) is 11.8 Å². The van der Waals surface area contributed by atoms with Gasteiger partial charge in [-0.25, -0.2) is 4.98 Å². The first-order valence-electron chi connectivity index (χ1n) is 12.0. The molecule has 176 valence electrons. The van der Waals surface area contributed by atoms with Crippen molar-refractivity contribution in [1.29, 1.82) is 0 Å². The summed E-state index contributed by atoms with van der Waals surface area (Å²) in [6, 6.07) is 17.9. The number of hydrogen-bond donors (Lipinski definition) is 2. The Bertz CT molecular complexity index is 1110. The van der Waals surface area contributed by atoms with Gasteiger partial charge in [-0.3, -0.25) is 4.79 Å². The number of carbonyl (C=O) groups excluding carboxylic acids is 1. The van der Waals surface area contributed by atoms with Gasteiger partial charge in [0.25, 0.3) is 0 Å². The average Bonchev–Trinajstić information content (AvgIpc) is 2.87. The number of para-hydroxylation sites is 2. The number of nitrogens with one attached hydrogen (secondary N) is 2. The van der Waals surface area contributed by atoms with Gasteiger partial charge in [-0.2, -0.15) is 4.98 Å². The van der Waals surface area contributed by atoms with E-state index in [1.807, 2.05) is 73.6 Å². The van der Waals surface area contributed by atoms with Gasteiger partial charge in [0.1, 0.15) is 17.3 Å². The average molecular weight is 458 g/mol. The van der Waals surface area contributed by atoms with Crippen LogP contribution >= 0.6 is 0 Å². The van der Waals surface area contributed by atoms with E-state index in [0.29, 0.717) is 24.5 Å². The van der Waals surface area contributed by atoms with Crippen LogP contribution in [0.4, 0.5) is 11.8 Å². The van der Waals surface area contributed by atoms with Gasteiger partial charge in [0.15, 0.2) is 0 Å². The highest BCUT2D eigenvalue weighted by molar-refractivity contribution is 5.89. The van der Waals surface area contributed by atoms with E-state index in [4.69, 9.17) is 4.74 Å². The molecule has 1 saturated carbocycles. The molecule has 0 saturated heterocycles. The molecule has 0 spiro atoms. The van der Waals surface area contributed by atoms with Gasteiger partial charge >= 0.3 is 0 Å². The Balaban J connectivity index is 1.17. The first-order valence-corrected chi connectivity index (χ1v) is 12.0. The van der Waals surface area contributed by atoms with Gasteiger partial charge in [0.2, 0.25) is 11.9 Å². The lowest BCUT2D eigenvalue weighted by Crippen LogP contribution is -2.37. The second kappa shape index (κ2) is 9.71. The summed E-state index contributed by atoms with van der Waals surface area (Å²) in [5, 5.41) is 6.73. The van der Waals surface area contributed by atoms with Crippen LogP contribution in [-0.2, 0) is 4.79 Å². The molecule has 2 aliphatic rings. The van der Waals surface area contributed by atoms with Crippen molar-refractivity contribution in [1.82, 2.24) is 15.3 Å². The van der Waals surface area contributed by atoms with Crippen LogP contribution in [0.2, 0.25) is 0 Å². The number of hydrogen-bond acceptors (Lipinski definition) is 6. The number of fused-ring (bicyclic) bond motifs is 2. The topological polar surface area (TPSA) is 79.4 Å². The molecule has 3 aromatic rings. The minimum absolute atomic E-state index is 0.0392. The number of rotatable bonds is 6. The molecule has 2 N–H and O–H groups in total. The third kappa shape index (κ3) is 4.69. The van der Waals surface area contributed by atoms with Gasteiger partial charge < -0.3 is 20.3 Å². The van der Waals surface area contributed by atoms with Crippen LogP contribution in [-0.4, -0.2) is 42.6 Å². The maximum atomic E-state index is 13.4. The lowest BCUT2D eigenvalue weighted by atomic mass is 9.85. The van der Waals surface area contributed by atoms with Crippen molar-refractivity contribution < 1.29 is 9.53 Å². The minimum Gasteiger partial charge on any atom is -0.457 e. The summed E-state index contributed by atoms with van der Waals surface area (Å²) >= 11 is 0. The first-order chi connectivity index (χ1) is 16.6. The Kier molecular flexibility index (Phi) is 6.34. The normalized spacial score (nSPS) is 19.4. The minimum atomic E-state index is -0.347. The van der Waals surface area contributed by atoms with Crippen molar-refractivity contribution in [3.05, 3.63) is 71.9 Å². The number of aromatic nitrogens is 2. The van der Waals surface area contributed by atoms with E-state index in [1.54, 1.807) is 6.20 Å². The summed E-state index contributed by atoms with van der Waals surface area (Å²) in [6.07, 6.45) is 6.00. The molecule has 34 heavy (non-hydrogen) atoms. The molecule has 0 atom stereocenters. The molecule has 1 amide bonds. The van der Waals surface area contributed by atoms with Crippen LogP contribution < -0.4 is 20.3 Å². The van der Waals surface area contributed by atoms with Crippen molar-refractivity contribution in [3.63, 3.8) is 0 Å². The van der Waals surface area contributed by atoms with Crippen molar-refractivity contribution in [2.45, 2.75) is 37.6 Å². The van der Waals surface area contributed by atoms with Crippen molar-refractivity contribution >= 4 is 17.7 Å². The van der Waals surface area contributed by atoms with E-state index in [0.717, 1.165) is 54.1 Å². The fourth-order valence-electron chi connectivity index (χ4n) is 4.90. The lowest BCUT2D eigenvalue weighted by Gasteiger charge is -2.31. The zero-order chi connectivity index (χ0) is 23.5. The van der Waals surface area contributed by atoms with E-state index in [2.05, 4.69) is 20.6 Å². The van der Waals surface area contributed by atoms with Gasteiger partial charge in [-0.15, -0.1) is 0 Å². The number of benzene rings is 2. The van der Waals surface area contributed by atoms with Crippen LogP contribution in [0.3, 0.4) is 0 Å². The lowest BCUT2D eigenvalue weighted by molar-refractivity contribution is -0.122. The molecule has 1 aliphatic heterocycles. The summed E-state index contributed by atoms with van der Waals surface area (Å²) in [5.41, 5.74) is 1.85. The predicted molar refractivity (Wildman–Crippen MR) is 134 cm³/mol. The van der Waals surface area contributed by atoms with Crippen LogP contribution in [0.1, 0.15) is 42.7 Å². The Morgan fingerprint density at radius 1 is 0.971 bits per heavy atom. The standard InChI is InChI=1S/C27H31N5O2/c1-32(2)24-15-16-28-27(31-24)30-19-13-11-18(12-14-19)17-29-26(33)25-20-7-3-5-9-22(20)34-23-10-6-4-8-21(23)25/h3-10,15-16,18-19,25H,11-14,17H2,1-2H3,(H,29,33)(H,28,30,31). The fourth-order valence-corrected chi connectivity index (χ4v) is 4.90. The Labute approximate surface area is 200 Å². The first kappa shape index (κ1) is 22.2. The smallest absolute Gasteiger partial charge is 0.232 e. The van der Waals surface area contributed by atoms with Gasteiger partial charge in [0, 0.05) is 44.0 Å². The highest BCUT2D eigenvalue weighted by Crippen LogP contribution is 2.44. The summed E-state index contributed by atoms with van der Waals surface area (Å²) < 4.78 is 6.03. The highest BCUT2D eigenvalue weighted by atomic mass is 16.5. The van der Waals surface area contributed by atoms with Crippen LogP contribution in [0, 0.1) is 5.92 Å². The molecule has 7 nitrogen and oxygen atoms in total. The number of carbonyl (C=O) groups is 1. The monoisotopic (exact) mass is 457 g/mol. The van der Waals surface area contributed by atoms with Gasteiger partial charge in [-0.1, -0.05) is 36.4 Å². The molecule has 0 radical (unpaired) electrons. The number of anilines is 2. The molecule has 2 aromatic carbocycles. The molecule has 7 heteroatoms. The molecule has 5 rings (SSSR count). The fraction of sp³-hybridized carbons (Fsp3) is 0.370. The Hall–Kier alpha value is -3.61. The summed E-state index contributed by atoms with van der Waals surface area (Å²) in [4.78, 5) is 24.3. The largest absolute Gasteiger partial charge is 0.457 e. The van der Waals surface area contributed by atoms with Gasteiger partial charge in [-0.05, 0) is 49.8 Å². The predicted octanol–water partition coefficient (Wildman–Crippen LogP) is 4.57. The van der Waals surface area contributed by atoms with Crippen molar-refractivity contribution in [3.8, 4) is 11.5 Å². The zero-order valence-corrected chi connectivity index (χ0v) is 19.7. The molecule has 1 fully saturated rings. The quantitative estimate of drug-likeness (QED) is 0.565. The van der Waals surface area contributed by atoms with E-state index in [1.165, 1.54) is 0 Å². The Morgan fingerprint density at radius 3 is 2.26 bits per heavy atom. The molecule has 0 bridgehead atoms. The Morgan fingerprint density at radius 2 is 1.62 bits per heavy atom. The molecular weight excluding hydrogens is 426 g/mol. The number of amides is 1. The zero-order valence-electron chi connectivity index (χ0n) is 19.7. The van der Waals surface area contributed by atoms with E-state index in [9.17, 15) is 4.79 Å². The third-order valence-corrected chi connectivity index (χ3v) is 6.79. The second-order valence-corrected chi connectivity index (χ2v) is 9.35. The number of nitrogens with zero attached hydrogens (tertiary/aromatic N) is 3. The maximum Gasteiger partial charge on any atom is 0.232 e. The summed E-state index contributed by atoms with van der Waals surface area (Å²) in [5.74, 6) is 3.26. The van der Waals surface area contributed by atoms with Crippen LogP contribution in [0.25, 0.3) is 0 Å². The molecule has 1 aromatic heterocycles. The van der Waals surface area contributed by atoms with E-state index >= 15 is 0 Å². The second-order valence-electron chi connectivity index (χ2n) is 9.35. The third-order valence-electron chi connectivity index (χ3n) is 6.79. The summed E-state index contributed by atoms with van der Waals surface area (Å²) in [6.45, 7) is 0.694. The molecule has 1 aliphatic carbocycles. The molecular formula is C27H31N5O2. The summed E-state index contributed by atoms with van der Waals surface area (Å²) in [7, 11) is 3.95. The SMILES string of the molecule is CN(C)c1ccnc(NC2CCC(CNC(=O)C3c4ccccc4Oc4ccccc43)CC2)n1.